The van der Waals surface area contributed by atoms with E-state index < -0.39 is 35.6 Å². The van der Waals surface area contributed by atoms with Crippen molar-refractivity contribution >= 4 is 17.5 Å². The molecule has 2 unspecified atom stereocenters. The highest BCUT2D eigenvalue weighted by Gasteiger charge is 2.64. The number of hydrogen-bond donors (Lipinski definition) is 2. The molecule has 0 aliphatic heterocycles. The Kier molecular flexibility index (Phi) is 7.49. The topological polar surface area (TPSA) is 114 Å². The van der Waals surface area contributed by atoms with Gasteiger partial charge >= 0.3 is 5.97 Å². The molecule has 3 saturated carbocycles. The van der Waals surface area contributed by atoms with Crippen LogP contribution in [0.25, 0.3) is 0 Å². The van der Waals surface area contributed by atoms with E-state index in [1.807, 2.05) is 0 Å². The summed E-state index contributed by atoms with van der Waals surface area (Å²) in [6.07, 6.45) is 5.55. The largest absolute Gasteiger partial charge is 0.453 e. The molecule has 8 atom stereocenters. The number of halogens is 1. The smallest absolute Gasteiger partial charge is 0.357 e. The van der Waals surface area contributed by atoms with Gasteiger partial charge in [-0.25, -0.2) is 9.78 Å². The normalized spacial score (nSPS) is 38.9. The zero-order chi connectivity index (χ0) is 26.3. The van der Waals surface area contributed by atoms with Crippen molar-refractivity contribution in [1.29, 1.82) is 0 Å². The molecular formula is C28H36FNO6. The van der Waals surface area contributed by atoms with Crippen LogP contribution in [-0.2, 0) is 14.3 Å². The number of carbonyl (C=O) groups is 3. The highest BCUT2D eigenvalue weighted by Crippen LogP contribution is 2.67. The predicted molar refractivity (Wildman–Crippen MR) is 130 cm³/mol. The van der Waals surface area contributed by atoms with Crippen LogP contribution in [0.4, 0.5) is 4.39 Å². The molecule has 2 N–H and O–H groups in total. The van der Waals surface area contributed by atoms with E-state index in [4.69, 9.17) is 4.74 Å². The minimum atomic E-state index is -0.632. The van der Waals surface area contributed by atoms with E-state index in [-0.39, 0.29) is 40.9 Å². The van der Waals surface area contributed by atoms with E-state index in [2.05, 4.69) is 18.8 Å². The molecule has 5 rings (SSSR count). The van der Waals surface area contributed by atoms with Gasteiger partial charge in [0.1, 0.15) is 18.4 Å². The summed E-state index contributed by atoms with van der Waals surface area (Å²) in [6, 6.07) is 5.07. The van der Waals surface area contributed by atoms with Crippen molar-refractivity contribution < 1.29 is 33.7 Å². The fraction of sp³-hybridized carbons (Fsp3) is 0.643. The maximum Gasteiger partial charge on any atom is 0.357 e. The first-order chi connectivity index (χ1) is 17.2. The molecule has 36 heavy (non-hydrogen) atoms. The standard InChI is InChI=1S/C27H33NO6.CH3F/c1-26-9-8-15(30)11-19(26)23(34-25(33)20-5-3-4-10-28-20)12-16-17-6-7-18(22(32)14-29)27(17,2)13-21(31)24(16)26;1-2/h3-5,10-11,16-18,21,23-24,29,31H,6-9,12-14H2,1-2H3;1H3/t16-,17?,18+,21-,23+,24?,26-,27-;/m0./s1. The quantitative estimate of drug-likeness (QED) is 0.607. The Morgan fingerprint density at radius 1 is 1.22 bits per heavy atom. The highest BCUT2D eigenvalue weighted by molar-refractivity contribution is 5.92. The van der Waals surface area contributed by atoms with Gasteiger partial charge in [0, 0.05) is 18.5 Å². The van der Waals surface area contributed by atoms with E-state index in [1.165, 1.54) is 0 Å². The molecule has 0 spiro atoms. The van der Waals surface area contributed by atoms with E-state index in [9.17, 15) is 29.0 Å². The Balaban J connectivity index is 0.00000148. The van der Waals surface area contributed by atoms with Gasteiger partial charge in [0.05, 0.1) is 13.3 Å². The van der Waals surface area contributed by atoms with Gasteiger partial charge in [-0.05, 0) is 84.5 Å². The fourth-order valence-corrected chi connectivity index (χ4v) is 8.14. The fourth-order valence-electron chi connectivity index (χ4n) is 8.14. The predicted octanol–water partition coefficient (Wildman–Crippen LogP) is 3.48. The molecule has 0 amide bonds. The maximum atomic E-state index is 12.9. The molecule has 0 saturated heterocycles. The van der Waals surface area contributed by atoms with Crippen LogP contribution in [0.3, 0.4) is 0 Å². The number of Topliss-reactive ketones (excluding diaryl/α,β-unsaturated/α-hetero) is 1. The van der Waals surface area contributed by atoms with Crippen molar-refractivity contribution in [2.75, 3.05) is 13.8 Å². The molecule has 0 radical (unpaired) electrons. The number of fused-ring (bicyclic) bond motifs is 5. The third kappa shape index (κ3) is 4.22. The van der Waals surface area contributed by atoms with Crippen LogP contribution in [0, 0.1) is 34.5 Å². The van der Waals surface area contributed by atoms with E-state index in [1.54, 1.807) is 30.5 Å². The van der Waals surface area contributed by atoms with Gasteiger partial charge < -0.3 is 14.9 Å². The summed E-state index contributed by atoms with van der Waals surface area (Å²) < 4.78 is 15.5. The van der Waals surface area contributed by atoms with Crippen molar-refractivity contribution in [2.24, 2.45) is 34.5 Å². The van der Waals surface area contributed by atoms with Crippen molar-refractivity contribution in [3.05, 3.63) is 41.7 Å². The van der Waals surface area contributed by atoms with Crippen LogP contribution in [0.1, 0.15) is 62.9 Å². The summed E-state index contributed by atoms with van der Waals surface area (Å²) in [5, 5.41) is 21.1. The van der Waals surface area contributed by atoms with Gasteiger partial charge in [-0.1, -0.05) is 19.9 Å². The number of pyridine rings is 1. The zero-order valence-corrected chi connectivity index (χ0v) is 21.2. The monoisotopic (exact) mass is 501 g/mol. The number of rotatable bonds is 4. The molecule has 4 aliphatic carbocycles. The number of carbonyl (C=O) groups excluding carboxylic acids is 3. The second kappa shape index (κ2) is 10.1. The number of nitrogens with zero attached hydrogens (tertiary/aromatic N) is 1. The molecule has 4 aliphatic rings. The number of hydrogen-bond acceptors (Lipinski definition) is 7. The number of ketones is 2. The van der Waals surface area contributed by atoms with Gasteiger partial charge in [-0.15, -0.1) is 0 Å². The summed E-state index contributed by atoms with van der Waals surface area (Å²) in [5.74, 6) is -0.781. The molecule has 1 aromatic heterocycles. The van der Waals surface area contributed by atoms with Gasteiger partial charge in [0.25, 0.3) is 0 Å². The van der Waals surface area contributed by atoms with Gasteiger partial charge in [0.2, 0.25) is 0 Å². The third-order valence-electron chi connectivity index (χ3n) is 9.55. The second-order valence-electron chi connectivity index (χ2n) is 11.2. The first-order valence-corrected chi connectivity index (χ1v) is 12.8. The van der Waals surface area contributed by atoms with Gasteiger partial charge in [-0.3, -0.25) is 14.0 Å². The van der Waals surface area contributed by atoms with Crippen LogP contribution >= 0.6 is 0 Å². The van der Waals surface area contributed by atoms with Crippen LogP contribution in [0.5, 0.6) is 0 Å². The minimum Gasteiger partial charge on any atom is -0.453 e. The lowest BCUT2D eigenvalue weighted by Gasteiger charge is -2.60. The van der Waals surface area contributed by atoms with Crippen LogP contribution in [0.15, 0.2) is 36.0 Å². The zero-order valence-electron chi connectivity index (χ0n) is 21.2. The summed E-state index contributed by atoms with van der Waals surface area (Å²) >= 11 is 0. The van der Waals surface area contributed by atoms with Crippen LogP contribution in [-0.4, -0.2) is 58.7 Å². The Labute approximate surface area is 211 Å². The molecule has 0 aromatic carbocycles. The number of ether oxygens (including phenoxy) is 1. The Morgan fingerprint density at radius 2 is 1.97 bits per heavy atom. The average molecular weight is 502 g/mol. The lowest BCUT2D eigenvalue weighted by Crippen LogP contribution is -2.60. The average Bonchev–Trinajstić information content (AvgIpc) is 3.22. The van der Waals surface area contributed by atoms with Crippen LogP contribution < -0.4 is 0 Å². The van der Waals surface area contributed by atoms with Crippen molar-refractivity contribution in [3.63, 3.8) is 0 Å². The van der Waals surface area contributed by atoms with E-state index >= 15 is 0 Å². The van der Waals surface area contributed by atoms with Crippen molar-refractivity contribution in [2.45, 2.75) is 64.6 Å². The van der Waals surface area contributed by atoms with Crippen molar-refractivity contribution in [3.8, 4) is 0 Å². The highest BCUT2D eigenvalue weighted by atomic mass is 19.1. The summed E-state index contributed by atoms with van der Waals surface area (Å²) in [5.41, 5.74) is 0.152. The van der Waals surface area contributed by atoms with E-state index in [0.717, 1.165) is 12.0 Å². The van der Waals surface area contributed by atoms with Crippen LogP contribution in [0.2, 0.25) is 0 Å². The summed E-state index contributed by atoms with van der Waals surface area (Å²) in [4.78, 5) is 42.1. The number of alkyl halides is 1. The summed E-state index contributed by atoms with van der Waals surface area (Å²) in [7, 11) is 0.500. The Hall–Kier alpha value is -2.45. The lowest BCUT2D eigenvalue weighted by molar-refractivity contribution is -0.154. The second-order valence-corrected chi connectivity index (χ2v) is 11.2. The number of aromatic nitrogens is 1. The molecule has 7 nitrogen and oxygen atoms in total. The van der Waals surface area contributed by atoms with Gasteiger partial charge in [0.15, 0.2) is 11.6 Å². The molecular weight excluding hydrogens is 465 g/mol. The Morgan fingerprint density at radius 3 is 2.64 bits per heavy atom. The molecule has 8 heteroatoms. The minimum absolute atomic E-state index is 0.0226. The molecule has 1 heterocycles. The third-order valence-corrected chi connectivity index (χ3v) is 9.55. The first kappa shape index (κ1) is 26.6. The molecule has 3 fully saturated rings. The Bertz CT molecular complexity index is 1040. The molecule has 0 bridgehead atoms. The van der Waals surface area contributed by atoms with E-state index in [0.29, 0.717) is 39.3 Å². The van der Waals surface area contributed by atoms with Crippen molar-refractivity contribution in [1.82, 2.24) is 4.98 Å². The SMILES string of the molecule is CF.C[C@]12CCC(=O)C=C1[C@H](OC(=O)c1ccccn1)C[C@@H]1C2[C@@H](O)C[C@@]2(C)C1CC[C@@H]2C(=O)CO. The first-order valence-electron chi connectivity index (χ1n) is 12.8. The summed E-state index contributed by atoms with van der Waals surface area (Å²) in [6.45, 7) is 3.70. The number of aliphatic hydroxyl groups excluding tert-OH is 2. The number of esters is 1. The number of aliphatic hydroxyl groups is 2. The molecule has 1 aromatic rings. The maximum absolute atomic E-state index is 12.9. The molecule has 196 valence electrons. The lowest BCUT2D eigenvalue weighted by atomic mass is 9.45. The van der Waals surface area contributed by atoms with Gasteiger partial charge in [-0.2, -0.15) is 0 Å².